The van der Waals surface area contributed by atoms with E-state index in [0.717, 1.165) is 17.0 Å². The highest BCUT2D eigenvalue weighted by atomic mass is 14.9. The fraction of sp³-hybridized carbons (Fsp3) is 0.357. The Balaban J connectivity index is 2.80. The summed E-state index contributed by atoms with van der Waals surface area (Å²) in [5, 5.41) is 3.21. The zero-order chi connectivity index (χ0) is 22.0. The summed E-state index contributed by atoms with van der Waals surface area (Å²) < 4.78 is 0. The lowest BCUT2D eigenvalue weighted by Gasteiger charge is -2.36. The summed E-state index contributed by atoms with van der Waals surface area (Å²) in [5.41, 5.74) is 7.36. The van der Waals surface area contributed by atoms with Crippen LogP contribution >= 0.6 is 0 Å². The minimum atomic E-state index is 0.264. The normalized spacial score (nSPS) is 21.0. The van der Waals surface area contributed by atoms with E-state index < -0.39 is 0 Å². The molecule has 1 N–H and O–H groups in total. The molecule has 0 spiro atoms. The first-order valence-corrected chi connectivity index (χ1v) is 10.4. The van der Waals surface area contributed by atoms with Crippen molar-refractivity contribution < 1.29 is 0 Å². The van der Waals surface area contributed by atoms with E-state index in [1.165, 1.54) is 29.6 Å². The van der Waals surface area contributed by atoms with Gasteiger partial charge in [0.2, 0.25) is 0 Å². The van der Waals surface area contributed by atoms with Gasteiger partial charge in [0, 0.05) is 11.4 Å². The van der Waals surface area contributed by atoms with Crippen molar-refractivity contribution in [3.63, 3.8) is 0 Å². The van der Waals surface area contributed by atoms with Crippen LogP contribution in [0, 0.1) is 11.3 Å². The molecule has 1 unspecified atom stereocenters. The van der Waals surface area contributed by atoms with E-state index in [1.807, 2.05) is 12.2 Å². The SMILES string of the molecule is C=C/C=C(\C=C)NC(=C)/C=C(C)/C=C/C=C(C)/C=C/C1=C(C)C(C)CCC1(C)C. The molecule has 156 valence electrons. The van der Waals surface area contributed by atoms with Gasteiger partial charge in [-0.25, -0.2) is 0 Å². The smallest absolute Gasteiger partial charge is 0.0377 e. The molecule has 0 heterocycles. The van der Waals surface area contributed by atoms with Crippen LogP contribution in [-0.2, 0) is 0 Å². The Labute approximate surface area is 179 Å². The molecule has 1 aliphatic carbocycles. The first kappa shape index (κ1) is 24.5. The molecule has 0 aromatic carbocycles. The summed E-state index contributed by atoms with van der Waals surface area (Å²) in [6.45, 7) is 25.1. The molecule has 0 aromatic rings. The molecule has 0 amide bonds. The van der Waals surface area contributed by atoms with Crippen molar-refractivity contribution in [3.8, 4) is 0 Å². The van der Waals surface area contributed by atoms with Crippen LogP contribution in [0.2, 0.25) is 0 Å². The first-order valence-electron chi connectivity index (χ1n) is 10.4. The predicted octanol–water partition coefficient (Wildman–Crippen LogP) is 8.12. The quantitative estimate of drug-likeness (QED) is 0.392. The summed E-state index contributed by atoms with van der Waals surface area (Å²) in [6.07, 6.45) is 20.8. The third-order valence-electron chi connectivity index (χ3n) is 5.55. The Morgan fingerprint density at radius 1 is 1.10 bits per heavy atom. The van der Waals surface area contributed by atoms with Crippen LogP contribution in [0.5, 0.6) is 0 Å². The van der Waals surface area contributed by atoms with Crippen molar-refractivity contribution in [2.45, 2.75) is 54.4 Å². The van der Waals surface area contributed by atoms with Crippen molar-refractivity contribution in [1.29, 1.82) is 0 Å². The van der Waals surface area contributed by atoms with Gasteiger partial charge in [0.25, 0.3) is 0 Å². The highest BCUT2D eigenvalue weighted by Gasteiger charge is 2.29. The zero-order valence-corrected chi connectivity index (χ0v) is 19.3. The van der Waals surface area contributed by atoms with Crippen LogP contribution in [0.1, 0.15) is 54.4 Å². The average molecular weight is 390 g/mol. The van der Waals surface area contributed by atoms with Crippen molar-refractivity contribution in [3.05, 3.63) is 108 Å². The Morgan fingerprint density at radius 3 is 2.41 bits per heavy atom. The molecule has 0 saturated heterocycles. The van der Waals surface area contributed by atoms with Gasteiger partial charge in [-0.05, 0) is 74.3 Å². The van der Waals surface area contributed by atoms with Gasteiger partial charge in [0.1, 0.15) is 0 Å². The number of hydrogen-bond donors (Lipinski definition) is 1. The van der Waals surface area contributed by atoms with Crippen molar-refractivity contribution in [2.75, 3.05) is 0 Å². The summed E-state index contributed by atoms with van der Waals surface area (Å²) in [5.74, 6) is 0.685. The Bertz CT molecular complexity index is 803. The molecular formula is C28H39N. The molecule has 0 aromatic heterocycles. The van der Waals surface area contributed by atoms with Gasteiger partial charge in [0.05, 0.1) is 0 Å². The third-order valence-corrected chi connectivity index (χ3v) is 5.55. The summed E-state index contributed by atoms with van der Waals surface area (Å²) in [6, 6.07) is 0. The van der Waals surface area contributed by atoms with Gasteiger partial charge >= 0.3 is 0 Å². The Kier molecular flexibility index (Phi) is 9.68. The largest absolute Gasteiger partial charge is 0.356 e. The molecule has 1 nitrogen and oxygen atoms in total. The van der Waals surface area contributed by atoms with Gasteiger partial charge in [-0.1, -0.05) is 88.1 Å². The fourth-order valence-corrected chi connectivity index (χ4v) is 3.54. The maximum Gasteiger partial charge on any atom is 0.0377 e. The molecule has 1 heteroatoms. The molecule has 29 heavy (non-hydrogen) atoms. The minimum absolute atomic E-state index is 0.264. The van der Waals surface area contributed by atoms with E-state index in [1.54, 1.807) is 12.2 Å². The average Bonchev–Trinajstić information content (AvgIpc) is 2.64. The molecule has 1 rings (SSSR count). The first-order chi connectivity index (χ1) is 13.6. The second-order valence-electron chi connectivity index (χ2n) is 8.62. The number of allylic oxidation sites excluding steroid dienone is 13. The van der Waals surface area contributed by atoms with Crippen LogP contribution in [0.25, 0.3) is 0 Å². The standard InChI is InChI=1S/C28H39N/c1-10-13-26(11-2)29-24(6)20-22(4)15-12-14-21(3)16-17-27-25(7)23(5)18-19-28(27,8)9/h10-17,20,23,29H,1-2,6,18-19H2,3-5,7-9H3/b15-12+,17-16+,21-14+,22-20+,26-13+. The van der Waals surface area contributed by atoms with Gasteiger partial charge in [-0.15, -0.1) is 0 Å². The molecule has 0 fully saturated rings. The van der Waals surface area contributed by atoms with Crippen molar-refractivity contribution in [1.82, 2.24) is 5.32 Å². The monoisotopic (exact) mass is 389 g/mol. The lowest BCUT2D eigenvalue weighted by Crippen LogP contribution is -2.23. The van der Waals surface area contributed by atoms with Crippen molar-refractivity contribution in [2.24, 2.45) is 11.3 Å². The summed E-state index contributed by atoms with van der Waals surface area (Å²) >= 11 is 0. The predicted molar refractivity (Wildman–Crippen MR) is 131 cm³/mol. The van der Waals surface area contributed by atoms with Gasteiger partial charge in [0.15, 0.2) is 0 Å². The highest BCUT2D eigenvalue weighted by Crippen LogP contribution is 2.43. The Hall–Kier alpha value is -2.54. The van der Waals surface area contributed by atoms with E-state index >= 15 is 0 Å². The molecule has 0 aliphatic heterocycles. The number of hydrogen-bond acceptors (Lipinski definition) is 1. The van der Waals surface area contributed by atoms with Crippen LogP contribution in [-0.4, -0.2) is 0 Å². The van der Waals surface area contributed by atoms with E-state index in [9.17, 15) is 0 Å². The Morgan fingerprint density at radius 2 is 1.79 bits per heavy atom. The van der Waals surface area contributed by atoms with Gasteiger partial charge in [-0.2, -0.15) is 0 Å². The van der Waals surface area contributed by atoms with Crippen molar-refractivity contribution >= 4 is 0 Å². The van der Waals surface area contributed by atoms with Crippen LogP contribution in [0.4, 0.5) is 0 Å². The fourth-order valence-electron chi connectivity index (χ4n) is 3.54. The maximum atomic E-state index is 4.04. The molecular weight excluding hydrogens is 350 g/mol. The third kappa shape index (κ3) is 8.15. The van der Waals surface area contributed by atoms with E-state index in [2.05, 4.69) is 97.0 Å². The van der Waals surface area contributed by atoms with E-state index in [0.29, 0.717) is 5.92 Å². The maximum absolute atomic E-state index is 4.04. The topological polar surface area (TPSA) is 12.0 Å². The number of nitrogens with one attached hydrogen (secondary N) is 1. The second-order valence-corrected chi connectivity index (χ2v) is 8.62. The van der Waals surface area contributed by atoms with Crippen LogP contribution in [0.15, 0.2) is 108 Å². The van der Waals surface area contributed by atoms with E-state index in [4.69, 9.17) is 0 Å². The zero-order valence-electron chi connectivity index (χ0n) is 19.3. The summed E-state index contributed by atoms with van der Waals surface area (Å²) in [4.78, 5) is 0. The van der Waals surface area contributed by atoms with Gasteiger partial charge < -0.3 is 5.32 Å². The van der Waals surface area contributed by atoms with E-state index in [-0.39, 0.29) is 5.41 Å². The minimum Gasteiger partial charge on any atom is -0.356 e. The summed E-state index contributed by atoms with van der Waals surface area (Å²) in [7, 11) is 0. The second kappa shape index (κ2) is 11.5. The lowest BCUT2D eigenvalue weighted by atomic mass is 9.69. The lowest BCUT2D eigenvalue weighted by molar-refractivity contribution is 0.339. The molecule has 1 atom stereocenters. The molecule has 0 saturated carbocycles. The number of rotatable bonds is 9. The molecule has 0 bridgehead atoms. The van der Waals surface area contributed by atoms with Crippen LogP contribution in [0.3, 0.4) is 0 Å². The van der Waals surface area contributed by atoms with Gasteiger partial charge in [-0.3, -0.25) is 0 Å². The molecule has 1 aliphatic rings. The highest BCUT2D eigenvalue weighted by molar-refractivity contribution is 5.38. The van der Waals surface area contributed by atoms with Crippen LogP contribution < -0.4 is 5.32 Å². The molecule has 0 radical (unpaired) electrons.